The van der Waals surface area contributed by atoms with Crippen LogP contribution in [0.5, 0.6) is 0 Å². The maximum atomic E-state index is 13.6. The predicted octanol–water partition coefficient (Wildman–Crippen LogP) is 5.81. The Hall–Kier alpha value is -2.15. The second-order valence-electron chi connectivity index (χ2n) is 8.02. The number of hydrogen-bond donors (Lipinski definition) is 0. The van der Waals surface area contributed by atoms with Gasteiger partial charge in [0.15, 0.2) is 0 Å². The third-order valence-corrected chi connectivity index (χ3v) is 7.96. The topological polar surface area (TPSA) is 40.6 Å². The first-order valence-electron chi connectivity index (χ1n) is 11.0. The van der Waals surface area contributed by atoms with Gasteiger partial charge in [0.2, 0.25) is 11.8 Å². The lowest BCUT2D eigenvalue weighted by atomic mass is 9.93. The summed E-state index contributed by atoms with van der Waals surface area (Å²) >= 11 is 9.44. The fraction of sp³-hybridized carbons (Fsp3) is 0.360. The molecule has 0 radical (unpaired) electrons. The summed E-state index contributed by atoms with van der Waals surface area (Å²) < 4.78 is 0. The molecule has 3 heterocycles. The molecule has 1 aliphatic heterocycles. The summed E-state index contributed by atoms with van der Waals surface area (Å²) in [6, 6.07) is 13.6. The van der Waals surface area contributed by atoms with Crippen molar-refractivity contribution in [3.05, 3.63) is 79.1 Å². The van der Waals surface area contributed by atoms with E-state index in [2.05, 4.69) is 18.4 Å². The summed E-state index contributed by atoms with van der Waals surface area (Å²) in [6.07, 6.45) is 3.07. The molecule has 0 fully saturated rings. The molecule has 4 rings (SSSR count). The summed E-state index contributed by atoms with van der Waals surface area (Å²) in [6.45, 7) is 3.48. The number of hydrogen-bond acceptors (Lipinski definition) is 4. The first kappa shape index (κ1) is 23.0. The average Bonchev–Trinajstić information content (AvgIpc) is 3.48. The van der Waals surface area contributed by atoms with Gasteiger partial charge in [-0.05, 0) is 59.0 Å². The van der Waals surface area contributed by atoms with Gasteiger partial charge in [-0.2, -0.15) is 0 Å². The summed E-state index contributed by atoms with van der Waals surface area (Å²) in [5.41, 5.74) is 2.23. The lowest BCUT2D eigenvalue weighted by molar-refractivity contribution is -0.141. The van der Waals surface area contributed by atoms with Crippen molar-refractivity contribution in [2.45, 2.75) is 38.6 Å². The van der Waals surface area contributed by atoms with Crippen LogP contribution in [0.1, 0.15) is 46.7 Å². The van der Waals surface area contributed by atoms with Crippen molar-refractivity contribution in [1.82, 2.24) is 9.80 Å². The van der Waals surface area contributed by atoms with Crippen molar-refractivity contribution in [1.29, 1.82) is 0 Å². The molecule has 32 heavy (non-hydrogen) atoms. The molecule has 7 heteroatoms. The van der Waals surface area contributed by atoms with Crippen LogP contribution < -0.4 is 0 Å². The van der Waals surface area contributed by atoms with Crippen LogP contribution in [0.25, 0.3) is 0 Å². The molecule has 2 aromatic heterocycles. The number of amides is 2. The van der Waals surface area contributed by atoms with Gasteiger partial charge in [-0.3, -0.25) is 9.59 Å². The van der Waals surface area contributed by atoms with Gasteiger partial charge in [-0.25, -0.2) is 0 Å². The van der Waals surface area contributed by atoms with Crippen LogP contribution in [-0.2, 0) is 22.4 Å². The van der Waals surface area contributed by atoms with Crippen LogP contribution in [0.2, 0.25) is 5.02 Å². The fourth-order valence-corrected chi connectivity index (χ4v) is 5.88. The Morgan fingerprint density at radius 3 is 2.66 bits per heavy atom. The summed E-state index contributed by atoms with van der Waals surface area (Å²) in [4.78, 5) is 32.6. The van der Waals surface area contributed by atoms with Gasteiger partial charge < -0.3 is 9.80 Å². The van der Waals surface area contributed by atoms with E-state index < -0.39 is 0 Å². The van der Waals surface area contributed by atoms with E-state index in [1.54, 1.807) is 27.6 Å². The molecule has 2 amide bonds. The largest absolute Gasteiger partial charge is 0.333 e. The van der Waals surface area contributed by atoms with Crippen LogP contribution >= 0.6 is 34.3 Å². The molecule has 3 aromatic rings. The lowest BCUT2D eigenvalue weighted by Crippen LogP contribution is -2.47. The summed E-state index contributed by atoms with van der Waals surface area (Å²) in [5.74, 6) is 0.0166. The number of nitrogens with zero attached hydrogens (tertiary/aromatic N) is 2. The molecule has 0 N–H and O–H groups in total. The Labute approximate surface area is 202 Å². The van der Waals surface area contributed by atoms with Gasteiger partial charge in [0.25, 0.3) is 0 Å². The number of fused-ring (bicyclic) bond motifs is 1. The van der Waals surface area contributed by atoms with Gasteiger partial charge in [-0.1, -0.05) is 43.1 Å². The average molecular weight is 487 g/mol. The molecule has 1 unspecified atom stereocenters. The third-order valence-electron chi connectivity index (χ3n) is 5.84. The molecule has 1 aliphatic rings. The molecule has 168 valence electrons. The number of unbranched alkanes of at least 4 members (excludes halogenated alkanes) is 1. The molecule has 1 aromatic carbocycles. The molecule has 0 saturated carbocycles. The first-order chi connectivity index (χ1) is 15.6. The second kappa shape index (κ2) is 10.6. The molecular formula is C25H27ClN2O2S2. The number of carbonyl (C=O) groups is 2. The molecule has 0 saturated heterocycles. The van der Waals surface area contributed by atoms with Crippen LogP contribution in [0.3, 0.4) is 0 Å². The van der Waals surface area contributed by atoms with Gasteiger partial charge in [0.05, 0.1) is 19.0 Å². The molecule has 0 aliphatic carbocycles. The number of thiophene rings is 2. The van der Waals surface area contributed by atoms with E-state index >= 15 is 0 Å². The highest BCUT2D eigenvalue weighted by Crippen LogP contribution is 2.38. The molecule has 0 spiro atoms. The number of rotatable bonds is 8. The van der Waals surface area contributed by atoms with Crippen LogP contribution in [0.4, 0.5) is 0 Å². The highest BCUT2D eigenvalue weighted by molar-refractivity contribution is 7.10. The lowest BCUT2D eigenvalue weighted by Gasteiger charge is -2.37. The third kappa shape index (κ3) is 5.25. The number of benzene rings is 1. The summed E-state index contributed by atoms with van der Waals surface area (Å²) in [7, 11) is 0. The van der Waals surface area contributed by atoms with E-state index in [0.717, 1.165) is 29.7 Å². The van der Waals surface area contributed by atoms with Crippen LogP contribution in [0.15, 0.2) is 53.2 Å². The summed E-state index contributed by atoms with van der Waals surface area (Å²) in [5, 5.41) is 4.75. The van der Waals surface area contributed by atoms with E-state index in [1.807, 2.05) is 46.7 Å². The highest BCUT2D eigenvalue weighted by Gasteiger charge is 2.33. The minimum Gasteiger partial charge on any atom is -0.333 e. The zero-order valence-electron chi connectivity index (χ0n) is 18.1. The Morgan fingerprint density at radius 1 is 1.12 bits per heavy atom. The van der Waals surface area contributed by atoms with Crippen LogP contribution in [0, 0.1) is 0 Å². The number of carbonyl (C=O) groups excluding carboxylic acids is 2. The second-order valence-corrected chi connectivity index (χ2v) is 10.5. The van der Waals surface area contributed by atoms with E-state index in [4.69, 9.17) is 11.6 Å². The maximum Gasteiger partial charge on any atom is 0.242 e. The van der Waals surface area contributed by atoms with Crippen molar-refractivity contribution in [2.24, 2.45) is 0 Å². The minimum absolute atomic E-state index is 0.00238. The van der Waals surface area contributed by atoms with E-state index in [1.165, 1.54) is 10.4 Å². The maximum absolute atomic E-state index is 13.6. The zero-order chi connectivity index (χ0) is 22.5. The SMILES string of the molecule is CCCCN(CC(=O)N1CCc2sccc2C1c1ccc(Cl)cc1)C(=O)Cc1cccs1. The highest BCUT2D eigenvalue weighted by atomic mass is 35.5. The molecule has 4 nitrogen and oxygen atoms in total. The van der Waals surface area contributed by atoms with E-state index in [-0.39, 0.29) is 24.4 Å². The van der Waals surface area contributed by atoms with E-state index in [0.29, 0.717) is 24.5 Å². The zero-order valence-corrected chi connectivity index (χ0v) is 20.5. The Bertz CT molecular complexity index is 1050. The predicted molar refractivity (Wildman–Crippen MR) is 133 cm³/mol. The van der Waals surface area contributed by atoms with Crippen molar-refractivity contribution >= 4 is 46.1 Å². The van der Waals surface area contributed by atoms with Crippen molar-refractivity contribution in [3.8, 4) is 0 Å². The molecular weight excluding hydrogens is 460 g/mol. The van der Waals surface area contributed by atoms with Gasteiger partial charge >= 0.3 is 0 Å². The van der Waals surface area contributed by atoms with Gasteiger partial charge in [0, 0.05) is 27.9 Å². The quantitative estimate of drug-likeness (QED) is 0.403. The first-order valence-corrected chi connectivity index (χ1v) is 13.1. The Morgan fingerprint density at radius 2 is 1.94 bits per heavy atom. The van der Waals surface area contributed by atoms with Gasteiger partial charge in [0.1, 0.15) is 0 Å². The molecule has 0 bridgehead atoms. The number of halogens is 1. The van der Waals surface area contributed by atoms with Gasteiger partial charge in [-0.15, -0.1) is 22.7 Å². The smallest absolute Gasteiger partial charge is 0.242 e. The van der Waals surface area contributed by atoms with Crippen molar-refractivity contribution in [2.75, 3.05) is 19.6 Å². The van der Waals surface area contributed by atoms with Crippen molar-refractivity contribution < 1.29 is 9.59 Å². The monoisotopic (exact) mass is 486 g/mol. The normalized spacial score (nSPS) is 15.4. The Balaban J connectivity index is 1.56. The fourth-order valence-electron chi connectivity index (χ4n) is 4.16. The van der Waals surface area contributed by atoms with Crippen LogP contribution in [-0.4, -0.2) is 41.2 Å². The standard InChI is InChI=1S/C25H27ClN2O2S2/c1-2-3-12-27(23(29)16-20-5-4-14-31-20)17-24(30)28-13-10-22-21(11-15-32-22)25(28)18-6-8-19(26)9-7-18/h4-9,11,14-15,25H,2-3,10,12-13,16-17H2,1H3. The minimum atomic E-state index is -0.143. The van der Waals surface area contributed by atoms with Crippen molar-refractivity contribution in [3.63, 3.8) is 0 Å². The van der Waals surface area contributed by atoms with E-state index in [9.17, 15) is 9.59 Å². The molecule has 1 atom stereocenters. The Kier molecular flexibility index (Phi) is 7.66.